The lowest BCUT2D eigenvalue weighted by molar-refractivity contribution is 0.501. The maximum Gasteiger partial charge on any atom is 0.169 e. The Hall–Kier alpha value is -1.61. The van der Waals surface area contributed by atoms with Crippen molar-refractivity contribution >= 4 is 17.3 Å². The summed E-state index contributed by atoms with van der Waals surface area (Å²) in [5.41, 5.74) is 1.31. The molecule has 0 saturated carbocycles. The average molecular weight is 260 g/mol. The first kappa shape index (κ1) is 14.5. The predicted octanol–water partition coefficient (Wildman–Crippen LogP) is 2.78. The molecule has 0 bridgehead atoms. The highest BCUT2D eigenvalue weighted by Crippen LogP contribution is 1.99. The van der Waals surface area contributed by atoms with Gasteiger partial charge in [-0.1, -0.05) is 42.5 Å². The van der Waals surface area contributed by atoms with E-state index in [2.05, 4.69) is 42.7 Å². The molecule has 0 saturated heterocycles. The predicted molar refractivity (Wildman–Crippen MR) is 82.7 cm³/mol. The zero-order valence-corrected chi connectivity index (χ0v) is 11.5. The molecule has 0 aromatic heterocycles. The number of benzene rings is 1. The van der Waals surface area contributed by atoms with Gasteiger partial charge in [0.1, 0.15) is 0 Å². The highest BCUT2D eigenvalue weighted by atomic mass is 32.1. The van der Waals surface area contributed by atoms with Crippen LogP contribution in [0.3, 0.4) is 0 Å². The van der Waals surface area contributed by atoms with Gasteiger partial charge in [0.25, 0.3) is 0 Å². The van der Waals surface area contributed by atoms with E-state index in [0.717, 1.165) is 31.2 Å². The molecular weight excluding hydrogens is 240 g/mol. The molecule has 96 valence electrons. The van der Waals surface area contributed by atoms with Gasteiger partial charge in [0.15, 0.2) is 5.11 Å². The molecule has 0 atom stereocenters. The number of nitrogens with one attached hydrogen (secondary N) is 1. The number of thiocarbonyl (C=S) groups is 1. The van der Waals surface area contributed by atoms with Crippen molar-refractivity contribution < 1.29 is 0 Å². The summed E-state index contributed by atoms with van der Waals surface area (Å²) in [4.78, 5) is 2.03. The van der Waals surface area contributed by atoms with Gasteiger partial charge in [0.2, 0.25) is 0 Å². The fourth-order valence-electron chi connectivity index (χ4n) is 1.62. The molecule has 1 aromatic carbocycles. The van der Waals surface area contributed by atoms with Crippen molar-refractivity contribution in [3.8, 4) is 0 Å². The van der Waals surface area contributed by atoms with Crippen molar-refractivity contribution in [3.63, 3.8) is 0 Å². The van der Waals surface area contributed by atoms with Gasteiger partial charge < -0.3 is 10.2 Å². The topological polar surface area (TPSA) is 15.3 Å². The third-order valence-corrected chi connectivity index (χ3v) is 2.92. The second kappa shape index (κ2) is 8.48. The van der Waals surface area contributed by atoms with Crippen molar-refractivity contribution in [2.75, 3.05) is 19.6 Å². The zero-order chi connectivity index (χ0) is 13.2. The molecule has 0 fully saturated rings. The standard InChI is InChI=1S/C15H20N2S/c1-3-12-17(13-4-2)15(18)16-11-10-14-8-6-5-7-9-14/h3-9H,1-2,10-13H2,(H,16,18). The molecular formula is C15H20N2S. The monoisotopic (exact) mass is 260 g/mol. The van der Waals surface area contributed by atoms with Crippen molar-refractivity contribution in [3.05, 3.63) is 61.2 Å². The van der Waals surface area contributed by atoms with Crippen molar-refractivity contribution in [1.82, 2.24) is 10.2 Å². The number of hydrogen-bond donors (Lipinski definition) is 1. The van der Waals surface area contributed by atoms with Crippen LogP contribution in [0, 0.1) is 0 Å². The minimum absolute atomic E-state index is 0.739. The number of nitrogens with zero attached hydrogens (tertiary/aromatic N) is 1. The first-order chi connectivity index (χ1) is 8.77. The maximum absolute atomic E-state index is 5.34. The summed E-state index contributed by atoms with van der Waals surface area (Å²) in [6.45, 7) is 9.78. The molecule has 0 aliphatic rings. The SMILES string of the molecule is C=CCN(CC=C)C(=S)NCCc1ccccc1. The Balaban J connectivity index is 2.35. The summed E-state index contributed by atoms with van der Waals surface area (Å²) in [5.74, 6) is 0. The van der Waals surface area contributed by atoms with Gasteiger partial charge in [-0.05, 0) is 24.2 Å². The lowest BCUT2D eigenvalue weighted by Gasteiger charge is -2.23. The third-order valence-electron chi connectivity index (χ3n) is 2.52. The van der Waals surface area contributed by atoms with Crippen molar-refractivity contribution in [2.45, 2.75) is 6.42 Å². The minimum Gasteiger partial charge on any atom is -0.362 e. The van der Waals surface area contributed by atoms with Crippen LogP contribution < -0.4 is 5.32 Å². The molecule has 1 rings (SSSR count). The summed E-state index contributed by atoms with van der Waals surface area (Å²) < 4.78 is 0. The van der Waals surface area contributed by atoms with E-state index in [1.165, 1.54) is 5.56 Å². The van der Waals surface area contributed by atoms with Crippen molar-refractivity contribution in [1.29, 1.82) is 0 Å². The van der Waals surface area contributed by atoms with E-state index in [9.17, 15) is 0 Å². The Labute approximate surface area is 115 Å². The summed E-state index contributed by atoms with van der Waals surface area (Å²) in [5, 5.41) is 4.02. The molecule has 0 aliphatic heterocycles. The molecule has 2 nitrogen and oxygen atoms in total. The van der Waals surface area contributed by atoms with Gasteiger partial charge in [-0.25, -0.2) is 0 Å². The number of rotatable bonds is 7. The summed E-state index contributed by atoms with van der Waals surface area (Å²) in [6, 6.07) is 10.4. The van der Waals surface area contributed by atoms with Crippen LogP contribution in [-0.4, -0.2) is 29.6 Å². The first-order valence-electron chi connectivity index (χ1n) is 6.06. The average Bonchev–Trinajstić information content (AvgIpc) is 2.39. The van der Waals surface area contributed by atoms with E-state index in [1.807, 2.05) is 23.1 Å². The molecule has 0 unspecified atom stereocenters. The molecule has 1 aromatic rings. The highest BCUT2D eigenvalue weighted by molar-refractivity contribution is 7.80. The lowest BCUT2D eigenvalue weighted by Crippen LogP contribution is -2.40. The Morgan fingerprint density at radius 1 is 1.17 bits per heavy atom. The van der Waals surface area contributed by atoms with Crippen LogP contribution in [-0.2, 0) is 6.42 Å². The Morgan fingerprint density at radius 3 is 2.33 bits per heavy atom. The summed E-state index contributed by atoms with van der Waals surface area (Å²) in [7, 11) is 0. The Bertz CT molecular complexity index is 377. The molecule has 0 heterocycles. The molecule has 0 aliphatic carbocycles. The van der Waals surface area contributed by atoms with Gasteiger partial charge >= 0.3 is 0 Å². The van der Waals surface area contributed by atoms with Crippen molar-refractivity contribution in [2.24, 2.45) is 0 Å². The van der Waals surface area contributed by atoms with E-state index in [4.69, 9.17) is 12.2 Å². The van der Waals surface area contributed by atoms with Crippen LogP contribution >= 0.6 is 12.2 Å². The second-order valence-electron chi connectivity index (χ2n) is 3.95. The fourth-order valence-corrected chi connectivity index (χ4v) is 1.87. The number of hydrogen-bond acceptors (Lipinski definition) is 1. The van der Waals surface area contributed by atoms with Gasteiger partial charge in [0, 0.05) is 19.6 Å². The molecule has 1 N–H and O–H groups in total. The second-order valence-corrected chi connectivity index (χ2v) is 4.34. The normalized spacial score (nSPS) is 9.56. The fraction of sp³-hybridized carbons (Fsp3) is 0.267. The Morgan fingerprint density at radius 2 is 1.78 bits per heavy atom. The van der Waals surface area contributed by atoms with E-state index >= 15 is 0 Å². The van der Waals surface area contributed by atoms with Gasteiger partial charge in [-0.3, -0.25) is 0 Å². The summed E-state index contributed by atoms with van der Waals surface area (Å²) in [6.07, 6.45) is 4.65. The molecule has 18 heavy (non-hydrogen) atoms. The van der Waals surface area contributed by atoms with E-state index < -0.39 is 0 Å². The lowest BCUT2D eigenvalue weighted by atomic mass is 10.1. The van der Waals surface area contributed by atoms with Crippen LogP contribution in [0.15, 0.2) is 55.6 Å². The highest BCUT2D eigenvalue weighted by Gasteiger charge is 2.04. The molecule has 0 radical (unpaired) electrons. The van der Waals surface area contributed by atoms with Crippen LogP contribution in [0.25, 0.3) is 0 Å². The largest absolute Gasteiger partial charge is 0.362 e. The minimum atomic E-state index is 0.739. The van der Waals surface area contributed by atoms with Crippen LogP contribution in [0.5, 0.6) is 0 Å². The molecule has 3 heteroatoms. The zero-order valence-electron chi connectivity index (χ0n) is 10.6. The van der Waals surface area contributed by atoms with E-state index in [-0.39, 0.29) is 0 Å². The third kappa shape index (κ3) is 5.15. The Kier molecular flexibility index (Phi) is 6.81. The van der Waals surface area contributed by atoms with Gasteiger partial charge in [-0.2, -0.15) is 0 Å². The molecule has 0 spiro atoms. The van der Waals surface area contributed by atoms with Crippen LogP contribution in [0.4, 0.5) is 0 Å². The van der Waals surface area contributed by atoms with Gasteiger partial charge in [0.05, 0.1) is 0 Å². The van der Waals surface area contributed by atoms with E-state index in [0.29, 0.717) is 0 Å². The quantitative estimate of drug-likeness (QED) is 0.599. The van der Waals surface area contributed by atoms with Gasteiger partial charge in [-0.15, -0.1) is 13.2 Å². The van der Waals surface area contributed by atoms with Crippen LogP contribution in [0.2, 0.25) is 0 Å². The van der Waals surface area contributed by atoms with E-state index in [1.54, 1.807) is 0 Å². The summed E-state index contributed by atoms with van der Waals surface area (Å²) >= 11 is 5.34. The first-order valence-corrected chi connectivity index (χ1v) is 6.47. The van der Waals surface area contributed by atoms with Crippen LogP contribution in [0.1, 0.15) is 5.56 Å². The molecule has 0 amide bonds. The maximum atomic E-state index is 5.34. The smallest absolute Gasteiger partial charge is 0.169 e.